The molecule has 0 aromatic carbocycles. The molecule has 6 nitrogen and oxygen atoms in total. The Morgan fingerprint density at radius 2 is 2.28 bits per heavy atom. The van der Waals surface area contributed by atoms with Crippen LogP contribution in [0.3, 0.4) is 0 Å². The third-order valence-electron chi connectivity index (χ3n) is 3.10. The van der Waals surface area contributed by atoms with E-state index in [2.05, 4.69) is 24.6 Å². The number of rotatable bonds is 2. The van der Waals surface area contributed by atoms with Gasteiger partial charge in [0.05, 0.1) is 11.6 Å². The zero-order valence-corrected chi connectivity index (χ0v) is 10.5. The molecule has 1 aliphatic rings. The fourth-order valence-electron chi connectivity index (χ4n) is 2.06. The van der Waals surface area contributed by atoms with Gasteiger partial charge in [0, 0.05) is 25.8 Å². The lowest BCUT2D eigenvalue weighted by atomic mass is 10.2. The van der Waals surface area contributed by atoms with Gasteiger partial charge in [-0.1, -0.05) is 11.6 Å². The van der Waals surface area contributed by atoms with Gasteiger partial charge < -0.3 is 15.2 Å². The molecule has 2 aromatic heterocycles. The van der Waals surface area contributed by atoms with Gasteiger partial charge in [-0.2, -0.15) is 0 Å². The molecule has 0 saturated heterocycles. The third-order valence-corrected chi connectivity index (χ3v) is 3.44. The van der Waals surface area contributed by atoms with Gasteiger partial charge in [-0.05, 0) is 11.6 Å². The van der Waals surface area contributed by atoms with Crippen molar-refractivity contribution in [1.29, 1.82) is 0 Å². The average Bonchev–Trinajstić information content (AvgIpc) is 2.86. The van der Waals surface area contributed by atoms with Crippen LogP contribution in [0.4, 0.5) is 5.82 Å². The highest BCUT2D eigenvalue weighted by Crippen LogP contribution is 2.22. The SMILES string of the molecule is NCc1cc(N2CCn3cnnc3C2)ncc1Cl. The molecule has 1 aliphatic heterocycles. The summed E-state index contributed by atoms with van der Waals surface area (Å²) in [5, 5.41) is 8.60. The Labute approximate surface area is 109 Å². The highest BCUT2D eigenvalue weighted by atomic mass is 35.5. The van der Waals surface area contributed by atoms with E-state index in [1.165, 1.54) is 0 Å². The van der Waals surface area contributed by atoms with Crippen molar-refractivity contribution in [3.8, 4) is 0 Å². The number of nitrogens with two attached hydrogens (primary N) is 1. The molecule has 0 amide bonds. The lowest BCUT2D eigenvalue weighted by molar-refractivity contribution is 0.556. The van der Waals surface area contributed by atoms with Crippen molar-refractivity contribution in [2.24, 2.45) is 5.73 Å². The predicted molar refractivity (Wildman–Crippen MR) is 68.2 cm³/mol. The molecule has 7 heteroatoms. The van der Waals surface area contributed by atoms with Crippen LogP contribution in [0.15, 0.2) is 18.6 Å². The van der Waals surface area contributed by atoms with Crippen molar-refractivity contribution in [3.63, 3.8) is 0 Å². The first-order chi connectivity index (χ1) is 8.78. The van der Waals surface area contributed by atoms with Crippen LogP contribution in [0, 0.1) is 0 Å². The molecule has 0 spiro atoms. The van der Waals surface area contributed by atoms with Crippen molar-refractivity contribution in [3.05, 3.63) is 35.0 Å². The number of anilines is 1. The van der Waals surface area contributed by atoms with Gasteiger partial charge in [0.2, 0.25) is 0 Å². The molecular formula is C11H13ClN6. The van der Waals surface area contributed by atoms with E-state index >= 15 is 0 Å². The minimum absolute atomic E-state index is 0.415. The Bertz CT molecular complexity index is 566. The van der Waals surface area contributed by atoms with Gasteiger partial charge in [0.25, 0.3) is 0 Å². The van der Waals surface area contributed by atoms with Crippen molar-refractivity contribution in [1.82, 2.24) is 19.7 Å². The van der Waals surface area contributed by atoms with Crippen molar-refractivity contribution in [2.75, 3.05) is 11.4 Å². The molecule has 3 rings (SSSR count). The van der Waals surface area contributed by atoms with E-state index in [1.807, 2.05) is 6.07 Å². The largest absolute Gasteiger partial charge is 0.347 e. The maximum Gasteiger partial charge on any atom is 0.152 e. The number of pyridine rings is 1. The summed E-state index contributed by atoms with van der Waals surface area (Å²) in [4.78, 5) is 6.50. The highest BCUT2D eigenvalue weighted by Gasteiger charge is 2.19. The van der Waals surface area contributed by atoms with Crippen LogP contribution >= 0.6 is 11.6 Å². The average molecular weight is 265 g/mol. The maximum atomic E-state index is 6.01. The maximum absolute atomic E-state index is 6.01. The lowest BCUT2D eigenvalue weighted by Gasteiger charge is -2.28. The van der Waals surface area contributed by atoms with Gasteiger partial charge in [-0.3, -0.25) is 0 Å². The van der Waals surface area contributed by atoms with E-state index in [0.29, 0.717) is 18.1 Å². The van der Waals surface area contributed by atoms with Gasteiger partial charge in [-0.25, -0.2) is 4.98 Å². The minimum Gasteiger partial charge on any atom is -0.347 e. The monoisotopic (exact) mass is 264 g/mol. The Morgan fingerprint density at radius 1 is 1.39 bits per heavy atom. The molecule has 0 unspecified atom stereocenters. The molecule has 2 aromatic rings. The van der Waals surface area contributed by atoms with Crippen LogP contribution < -0.4 is 10.6 Å². The number of hydrogen-bond donors (Lipinski definition) is 1. The second kappa shape index (κ2) is 4.55. The second-order valence-corrected chi connectivity index (χ2v) is 4.61. The van der Waals surface area contributed by atoms with Crippen LogP contribution in [0.25, 0.3) is 0 Å². The van der Waals surface area contributed by atoms with E-state index in [1.54, 1.807) is 12.5 Å². The molecule has 0 aliphatic carbocycles. The first-order valence-electron chi connectivity index (χ1n) is 5.74. The number of aromatic nitrogens is 4. The Kier molecular flexibility index (Phi) is 2.89. The normalized spacial score (nSPS) is 14.7. The van der Waals surface area contributed by atoms with Crippen molar-refractivity contribution < 1.29 is 0 Å². The topological polar surface area (TPSA) is 72.9 Å². The summed E-state index contributed by atoms with van der Waals surface area (Å²) in [7, 11) is 0. The van der Waals surface area contributed by atoms with E-state index in [4.69, 9.17) is 17.3 Å². The van der Waals surface area contributed by atoms with Gasteiger partial charge in [-0.15, -0.1) is 10.2 Å². The van der Waals surface area contributed by atoms with Crippen LogP contribution in [0.5, 0.6) is 0 Å². The van der Waals surface area contributed by atoms with Crippen LogP contribution in [-0.2, 0) is 19.6 Å². The minimum atomic E-state index is 0.415. The third kappa shape index (κ3) is 1.93. The smallest absolute Gasteiger partial charge is 0.152 e. The molecule has 0 bridgehead atoms. The first kappa shape index (κ1) is 11.4. The summed E-state index contributed by atoms with van der Waals surface area (Å²) in [6, 6.07) is 1.94. The van der Waals surface area contributed by atoms with Crippen LogP contribution in [-0.4, -0.2) is 26.3 Å². The van der Waals surface area contributed by atoms with E-state index in [0.717, 1.165) is 30.3 Å². The number of hydrogen-bond acceptors (Lipinski definition) is 5. The quantitative estimate of drug-likeness (QED) is 0.869. The highest BCUT2D eigenvalue weighted by molar-refractivity contribution is 6.31. The molecule has 2 N–H and O–H groups in total. The molecular weight excluding hydrogens is 252 g/mol. The fraction of sp³-hybridized carbons (Fsp3) is 0.364. The van der Waals surface area contributed by atoms with Crippen molar-refractivity contribution >= 4 is 17.4 Å². The van der Waals surface area contributed by atoms with Crippen molar-refractivity contribution in [2.45, 2.75) is 19.6 Å². The molecule has 0 atom stereocenters. The molecule has 0 fully saturated rings. The first-order valence-corrected chi connectivity index (χ1v) is 6.12. The lowest BCUT2D eigenvalue weighted by Crippen LogP contribution is -2.34. The number of nitrogens with zero attached hydrogens (tertiary/aromatic N) is 5. The van der Waals surface area contributed by atoms with Gasteiger partial charge in [0.15, 0.2) is 5.82 Å². The Hall–Kier alpha value is -1.66. The Morgan fingerprint density at radius 3 is 3.11 bits per heavy atom. The zero-order chi connectivity index (χ0) is 12.5. The summed E-state index contributed by atoms with van der Waals surface area (Å²) in [5.74, 6) is 1.83. The molecule has 0 saturated carbocycles. The van der Waals surface area contributed by atoms with E-state index in [9.17, 15) is 0 Å². The number of fused-ring (bicyclic) bond motifs is 1. The summed E-state index contributed by atoms with van der Waals surface area (Å²) < 4.78 is 2.05. The molecule has 3 heterocycles. The molecule has 18 heavy (non-hydrogen) atoms. The second-order valence-electron chi connectivity index (χ2n) is 4.20. The van der Waals surface area contributed by atoms with E-state index in [-0.39, 0.29) is 0 Å². The predicted octanol–water partition coefficient (Wildman–Crippen LogP) is 0.805. The van der Waals surface area contributed by atoms with Gasteiger partial charge in [0.1, 0.15) is 12.1 Å². The molecule has 0 radical (unpaired) electrons. The van der Waals surface area contributed by atoms with E-state index < -0.39 is 0 Å². The fourth-order valence-corrected chi connectivity index (χ4v) is 2.24. The molecule has 94 valence electrons. The Balaban J connectivity index is 1.88. The zero-order valence-electron chi connectivity index (χ0n) is 9.75. The number of halogens is 1. The van der Waals surface area contributed by atoms with Crippen LogP contribution in [0.2, 0.25) is 5.02 Å². The van der Waals surface area contributed by atoms with Crippen LogP contribution in [0.1, 0.15) is 11.4 Å². The summed E-state index contributed by atoms with van der Waals surface area (Å²) in [6.45, 7) is 2.87. The standard InChI is InChI=1S/C11H13ClN6/c12-9-5-14-10(3-8(9)4-13)17-1-2-18-7-15-16-11(18)6-17/h3,5,7H,1-2,4,6,13H2. The summed E-state index contributed by atoms with van der Waals surface area (Å²) in [5.41, 5.74) is 6.56. The summed E-state index contributed by atoms with van der Waals surface area (Å²) in [6.07, 6.45) is 3.41. The van der Waals surface area contributed by atoms with Gasteiger partial charge >= 0.3 is 0 Å². The summed E-state index contributed by atoms with van der Waals surface area (Å²) >= 11 is 6.01.